The topological polar surface area (TPSA) is 76.0 Å². The molecule has 2 rings (SSSR count). The maximum absolute atomic E-state index is 13.2. The van der Waals surface area contributed by atoms with Crippen molar-refractivity contribution < 1.29 is 24.5 Å². The lowest BCUT2D eigenvalue weighted by Crippen LogP contribution is -2.40. The van der Waals surface area contributed by atoms with E-state index in [-0.39, 0.29) is 19.0 Å². The van der Waals surface area contributed by atoms with E-state index in [9.17, 15) is 4.79 Å². The van der Waals surface area contributed by atoms with Gasteiger partial charge in [-0.3, -0.25) is 4.79 Å². The first-order chi connectivity index (χ1) is 13.1. The predicted octanol–water partition coefficient (Wildman–Crippen LogP) is 3.18. The molecule has 0 heterocycles. The van der Waals surface area contributed by atoms with Crippen LogP contribution in [0.4, 0.5) is 0 Å². The lowest BCUT2D eigenvalue weighted by molar-refractivity contribution is -0.176. The van der Waals surface area contributed by atoms with Crippen LogP contribution in [-0.2, 0) is 15.3 Å². The summed E-state index contributed by atoms with van der Waals surface area (Å²) in [6.45, 7) is 0.214. The van der Waals surface area contributed by atoms with Crippen LogP contribution in [0.1, 0.15) is 15.9 Å². The van der Waals surface area contributed by atoms with Crippen LogP contribution in [0.3, 0.4) is 0 Å². The highest BCUT2D eigenvalue weighted by molar-refractivity contribution is 7.99. The van der Waals surface area contributed by atoms with Gasteiger partial charge < -0.3 is 19.7 Å². The summed E-state index contributed by atoms with van der Waals surface area (Å²) < 4.78 is 11.1. The zero-order chi connectivity index (χ0) is 19.7. The lowest BCUT2D eigenvalue weighted by Gasteiger charge is -2.30. The maximum Gasteiger partial charge on any atom is 0.260 e. The lowest BCUT2D eigenvalue weighted by atomic mass is 9.96. The second-order valence-corrected chi connectivity index (χ2v) is 7.88. The fourth-order valence-corrected chi connectivity index (χ4v) is 3.94. The number of Topliss-reactive ketones (excluding diaryl/α,β-unsaturated/α-hetero) is 1. The number of hydrogen-bond donors (Lipinski definition) is 2. The van der Waals surface area contributed by atoms with Gasteiger partial charge in [0.15, 0.2) is 0 Å². The van der Waals surface area contributed by atoms with E-state index < -0.39 is 5.79 Å². The summed E-state index contributed by atoms with van der Waals surface area (Å²) in [5, 5.41) is 17.8. The van der Waals surface area contributed by atoms with Gasteiger partial charge in [-0.2, -0.15) is 0 Å². The van der Waals surface area contributed by atoms with Crippen LogP contribution in [0.5, 0.6) is 0 Å². The number of carbonyl (C=O) groups excluding carboxylic acids is 1. The van der Waals surface area contributed by atoms with E-state index in [1.165, 1.54) is 37.7 Å². The number of methoxy groups -OCH3 is 2. The molecule has 0 fully saturated rings. The molecule has 0 aliphatic rings. The minimum Gasteiger partial charge on any atom is -0.396 e. The maximum atomic E-state index is 13.2. The molecule has 0 saturated heterocycles. The number of aliphatic hydroxyl groups is 2. The monoisotopic (exact) mass is 408 g/mol. The number of ether oxygens (including phenoxy) is 2. The Hall–Kier alpha value is -1.35. The van der Waals surface area contributed by atoms with Gasteiger partial charge in [-0.25, -0.2) is 0 Å². The van der Waals surface area contributed by atoms with Crippen LogP contribution >= 0.6 is 23.5 Å². The summed E-state index contributed by atoms with van der Waals surface area (Å²) in [6, 6.07) is 14.5. The fourth-order valence-electron chi connectivity index (χ4n) is 2.63. The molecule has 0 aliphatic carbocycles. The summed E-state index contributed by atoms with van der Waals surface area (Å²) in [6.07, 6.45) is 0. The molecule has 146 valence electrons. The van der Waals surface area contributed by atoms with Crippen molar-refractivity contribution in [3.8, 4) is 0 Å². The van der Waals surface area contributed by atoms with Crippen molar-refractivity contribution in [2.75, 3.05) is 38.9 Å². The van der Waals surface area contributed by atoms with Gasteiger partial charge in [0.05, 0.1) is 13.2 Å². The second-order valence-electron chi connectivity index (χ2n) is 5.55. The molecule has 2 aromatic rings. The third kappa shape index (κ3) is 5.34. The van der Waals surface area contributed by atoms with Gasteiger partial charge in [0.1, 0.15) is 0 Å². The smallest absolute Gasteiger partial charge is 0.260 e. The summed E-state index contributed by atoms with van der Waals surface area (Å²) in [5.41, 5.74) is 1.08. The summed E-state index contributed by atoms with van der Waals surface area (Å²) in [5.74, 6) is -0.603. The molecule has 7 heteroatoms. The van der Waals surface area contributed by atoms with Gasteiger partial charge in [-0.1, -0.05) is 24.3 Å². The average molecular weight is 409 g/mol. The van der Waals surface area contributed by atoms with Crippen LogP contribution < -0.4 is 0 Å². The molecule has 2 aromatic carbocycles. The molecule has 0 amide bonds. The molecule has 27 heavy (non-hydrogen) atoms. The number of ketones is 1. The molecule has 0 bridgehead atoms. The van der Waals surface area contributed by atoms with Gasteiger partial charge in [0.25, 0.3) is 5.79 Å². The highest BCUT2D eigenvalue weighted by Gasteiger charge is 2.41. The third-order valence-corrected chi connectivity index (χ3v) is 5.93. The summed E-state index contributed by atoms with van der Waals surface area (Å²) in [7, 11) is 2.89. The van der Waals surface area contributed by atoms with Crippen LogP contribution in [0.25, 0.3) is 0 Å². The van der Waals surface area contributed by atoms with E-state index in [0.29, 0.717) is 22.6 Å². The first-order valence-corrected chi connectivity index (χ1v) is 10.4. The second kappa shape index (κ2) is 10.8. The highest BCUT2D eigenvalue weighted by Crippen LogP contribution is 2.32. The van der Waals surface area contributed by atoms with Gasteiger partial charge in [-0.05, 0) is 24.3 Å². The molecule has 0 radical (unpaired) electrons. The van der Waals surface area contributed by atoms with E-state index in [0.717, 1.165) is 9.79 Å². The number of thioether (sulfide) groups is 2. The van der Waals surface area contributed by atoms with E-state index in [1.54, 1.807) is 24.3 Å². The van der Waals surface area contributed by atoms with Crippen molar-refractivity contribution in [3.05, 3.63) is 59.7 Å². The van der Waals surface area contributed by atoms with Crippen molar-refractivity contribution in [1.29, 1.82) is 0 Å². The Morgan fingerprint density at radius 3 is 1.70 bits per heavy atom. The van der Waals surface area contributed by atoms with E-state index >= 15 is 0 Å². The van der Waals surface area contributed by atoms with E-state index in [1.807, 2.05) is 24.3 Å². The van der Waals surface area contributed by atoms with E-state index in [4.69, 9.17) is 19.7 Å². The predicted molar refractivity (Wildman–Crippen MR) is 109 cm³/mol. The van der Waals surface area contributed by atoms with Gasteiger partial charge >= 0.3 is 0 Å². The third-order valence-electron chi connectivity index (χ3n) is 3.94. The number of rotatable bonds is 11. The highest BCUT2D eigenvalue weighted by atomic mass is 32.2. The largest absolute Gasteiger partial charge is 0.396 e. The van der Waals surface area contributed by atoms with Gasteiger partial charge in [-0.15, -0.1) is 23.5 Å². The summed E-state index contributed by atoms with van der Waals surface area (Å²) in [4.78, 5) is 15.1. The van der Waals surface area contributed by atoms with Gasteiger partial charge in [0.2, 0.25) is 5.78 Å². The molecular weight excluding hydrogens is 384 g/mol. The Labute approximate surface area is 168 Å². The first kappa shape index (κ1) is 21.9. The van der Waals surface area contributed by atoms with Crippen molar-refractivity contribution >= 4 is 29.3 Å². The Morgan fingerprint density at radius 2 is 1.30 bits per heavy atom. The Kier molecular flexibility index (Phi) is 8.82. The summed E-state index contributed by atoms with van der Waals surface area (Å²) >= 11 is 3.05. The van der Waals surface area contributed by atoms with Gasteiger partial charge in [0, 0.05) is 46.6 Å². The molecule has 0 unspecified atom stereocenters. The number of carbonyl (C=O) groups is 1. The van der Waals surface area contributed by atoms with Crippen LogP contribution in [0.15, 0.2) is 58.3 Å². The zero-order valence-corrected chi connectivity index (χ0v) is 17.0. The average Bonchev–Trinajstić information content (AvgIpc) is 2.73. The molecular formula is C20H24O5S2. The molecule has 0 atom stereocenters. The number of hydrogen-bond acceptors (Lipinski definition) is 7. The van der Waals surface area contributed by atoms with Crippen molar-refractivity contribution in [1.82, 2.24) is 0 Å². The molecule has 0 saturated carbocycles. The van der Waals surface area contributed by atoms with E-state index in [2.05, 4.69) is 0 Å². The zero-order valence-electron chi connectivity index (χ0n) is 15.4. The normalized spacial score (nSPS) is 11.6. The first-order valence-electron chi connectivity index (χ1n) is 8.44. The molecule has 0 aromatic heterocycles. The van der Waals surface area contributed by atoms with Crippen molar-refractivity contribution in [2.24, 2.45) is 0 Å². The standard InChI is InChI=1S/C20H24O5S2/c1-24-20(25-2,16-5-9-18(10-6-16)27-14-12-22)19(23)15-3-7-17(8-4-15)26-13-11-21/h3-10,21-22H,11-14H2,1-2H3. The molecule has 0 aliphatic heterocycles. The van der Waals surface area contributed by atoms with Crippen LogP contribution in [0, 0.1) is 0 Å². The minimum absolute atomic E-state index is 0.106. The Balaban J connectivity index is 2.27. The molecule has 0 spiro atoms. The minimum atomic E-state index is -1.53. The molecule has 5 nitrogen and oxygen atoms in total. The Morgan fingerprint density at radius 1 is 0.852 bits per heavy atom. The van der Waals surface area contributed by atoms with Crippen LogP contribution in [-0.4, -0.2) is 54.9 Å². The van der Waals surface area contributed by atoms with Crippen LogP contribution in [0.2, 0.25) is 0 Å². The van der Waals surface area contributed by atoms with Crippen molar-refractivity contribution in [3.63, 3.8) is 0 Å². The van der Waals surface area contributed by atoms with Crippen molar-refractivity contribution in [2.45, 2.75) is 15.6 Å². The molecule has 2 N–H and O–H groups in total. The quantitative estimate of drug-likeness (QED) is 0.336. The number of benzene rings is 2. The SMILES string of the molecule is COC(OC)(C(=O)c1ccc(SCCO)cc1)c1ccc(SCCO)cc1. The fraction of sp³-hybridized carbons (Fsp3) is 0.350. The Bertz CT molecular complexity index is 712. The number of aliphatic hydroxyl groups excluding tert-OH is 2.